The van der Waals surface area contributed by atoms with E-state index in [0.29, 0.717) is 0 Å². The molecule has 1 atom stereocenters. The van der Waals surface area contributed by atoms with Crippen molar-refractivity contribution in [1.29, 1.82) is 0 Å². The van der Waals surface area contributed by atoms with Crippen LogP contribution in [0, 0.1) is 0 Å². The molecule has 7 heteroatoms. The quantitative estimate of drug-likeness (QED) is 0.284. The van der Waals surface area contributed by atoms with Crippen LogP contribution in [0.1, 0.15) is 78.1 Å². The minimum absolute atomic E-state index is 0.272. The Bertz CT molecular complexity index is 393. The molecule has 0 amide bonds. The molecule has 0 radical (unpaired) electrons. The number of rotatable bonds is 14. The first kappa shape index (κ1) is 22.2. The number of carbonyl (C=O) groups excluding carboxylic acids is 1. The second kappa shape index (κ2) is 13.6. The van der Waals surface area contributed by atoms with Crippen molar-refractivity contribution in [2.24, 2.45) is 0 Å². The van der Waals surface area contributed by atoms with Crippen molar-refractivity contribution >= 4 is 16.3 Å². The predicted molar refractivity (Wildman–Crippen MR) is 90.2 cm³/mol. The fourth-order valence-electron chi connectivity index (χ4n) is 2.27. The maximum Gasteiger partial charge on any atom is 0.508 e. The highest BCUT2D eigenvalue weighted by molar-refractivity contribution is 7.85. The van der Waals surface area contributed by atoms with Crippen molar-refractivity contribution in [1.82, 2.24) is 0 Å². The van der Waals surface area contributed by atoms with Gasteiger partial charge in [-0.05, 0) is 13.3 Å². The van der Waals surface area contributed by atoms with Gasteiger partial charge in [-0.25, -0.2) is 4.79 Å². The summed E-state index contributed by atoms with van der Waals surface area (Å²) in [5.41, 5.74) is 0. The smallest absolute Gasteiger partial charge is 0.434 e. The van der Waals surface area contributed by atoms with E-state index < -0.39 is 28.1 Å². The van der Waals surface area contributed by atoms with Gasteiger partial charge in [0, 0.05) is 0 Å². The Kier molecular flexibility index (Phi) is 13.1. The van der Waals surface area contributed by atoms with Gasteiger partial charge in [-0.3, -0.25) is 4.55 Å². The topological polar surface area (TPSA) is 89.9 Å². The summed E-state index contributed by atoms with van der Waals surface area (Å²) in [5, 5.41) is 0. The van der Waals surface area contributed by atoms with Crippen LogP contribution in [-0.4, -0.2) is 37.6 Å². The van der Waals surface area contributed by atoms with E-state index in [4.69, 9.17) is 14.0 Å². The molecule has 23 heavy (non-hydrogen) atoms. The monoisotopic (exact) mass is 352 g/mol. The molecule has 0 saturated heterocycles. The molecule has 0 aromatic heterocycles. The van der Waals surface area contributed by atoms with Gasteiger partial charge in [0.05, 0.1) is 6.61 Å². The van der Waals surface area contributed by atoms with Crippen LogP contribution in [0.3, 0.4) is 0 Å². The van der Waals surface area contributed by atoms with Gasteiger partial charge in [-0.15, -0.1) is 0 Å². The van der Waals surface area contributed by atoms with E-state index in [9.17, 15) is 13.2 Å². The largest absolute Gasteiger partial charge is 0.508 e. The molecule has 0 fully saturated rings. The van der Waals surface area contributed by atoms with Gasteiger partial charge in [0.15, 0.2) is 0 Å². The Hall–Kier alpha value is -0.820. The fraction of sp³-hybridized carbons (Fsp3) is 0.938. The molecule has 0 aliphatic rings. The van der Waals surface area contributed by atoms with E-state index in [2.05, 4.69) is 6.92 Å². The Labute approximate surface area is 140 Å². The summed E-state index contributed by atoms with van der Waals surface area (Å²) in [6.45, 7) is 3.87. The molecule has 0 aromatic carbocycles. The normalized spacial score (nSPS) is 12.8. The second-order valence-corrected chi connectivity index (χ2v) is 7.45. The first-order chi connectivity index (χ1) is 10.8. The van der Waals surface area contributed by atoms with Crippen LogP contribution >= 0.6 is 0 Å². The third-order valence-corrected chi connectivity index (χ3v) is 4.35. The number of unbranched alkanes of at least 4 members (excludes halogenated alkanes) is 9. The van der Waals surface area contributed by atoms with Crippen molar-refractivity contribution in [3.8, 4) is 0 Å². The summed E-state index contributed by atoms with van der Waals surface area (Å²) in [7, 11) is -4.15. The highest BCUT2D eigenvalue weighted by Crippen LogP contribution is 2.10. The van der Waals surface area contributed by atoms with Crippen LogP contribution in [0.25, 0.3) is 0 Å². The molecule has 6 nitrogen and oxygen atoms in total. The van der Waals surface area contributed by atoms with Crippen molar-refractivity contribution in [2.75, 3.05) is 12.4 Å². The van der Waals surface area contributed by atoms with E-state index in [1.165, 1.54) is 51.9 Å². The van der Waals surface area contributed by atoms with E-state index in [-0.39, 0.29) is 6.61 Å². The van der Waals surface area contributed by atoms with Crippen molar-refractivity contribution < 1.29 is 27.2 Å². The van der Waals surface area contributed by atoms with Crippen molar-refractivity contribution in [3.63, 3.8) is 0 Å². The molecular weight excluding hydrogens is 320 g/mol. The zero-order valence-electron chi connectivity index (χ0n) is 14.5. The summed E-state index contributed by atoms with van der Waals surface area (Å²) in [5.74, 6) is -0.625. The molecule has 0 saturated carbocycles. The summed E-state index contributed by atoms with van der Waals surface area (Å²) in [6, 6.07) is 0. The number of hydrogen-bond donors (Lipinski definition) is 1. The SMILES string of the molecule is CCCCCCCCCCCCOC(=O)OC(C)CS(=O)(=O)O. The first-order valence-corrected chi connectivity index (χ1v) is 10.2. The molecule has 0 spiro atoms. The Morgan fingerprint density at radius 3 is 1.91 bits per heavy atom. The third kappa shape index (κ3) is 17.4. The van der Waals surface area contributed by atoms with Crippen molar-refractivity contribution in [2.45, 2.75) is 84.2 Å². The van der Waals surface area contributed by atoms with Gasteiger partial charge in [0.2, 0.25) is 0 Å². The van der Waals surface area contributed by atoms with Gasteiger partial charge in [-0.2, -0.15) is 8.42 Å². The molecule has 0 aliphatic carbocycles. The Balaban J connectivity index is 3.39. The van der Waals surface area contributed by atoms with Gasteiger partial charge in [0.25, 0.3) is 10.1 Å². The highest BCUT2D eigenvalue weighted by Gasteiger charge is 2.17. The minimum atomic E-state index is -4.15. The molecule has 1 N–H and O–H groups in total. The standard InChI is InChI=1S/C16H32O6S/c1-3-4-5-6-7-8-9-10-11-12-13-21-16(17)22-15(2)14-23(18,19)20/h15H,3-14H2,1-2H3,(H,18,19,20). The lowest BCUT2D eigenvalue weighted by Crippen LogP contribution is -2.24. The highest BCUT2D eigenvalue weighted by atomic mass is 32.2. The molecular formula is C16H32O6S. The first-order valence-electron chi connectivity index (χ1n) is 8.63. The summed E-state index contributed by atoms with van der Waals surface area (Å²) in [6.07, 6.45) is 10.1. The van der Waals surface area contributed by atoms with Crippen LogP contribution < -0.4 is 0 Å². The predicted octanol–water partition coefficient (Wildman–Crippen LogP) is 4.34. The lowest BCUT2D eigenvalue weighted by atomic mass is 10.1. The molecule has 0 heterocycles. The van der Waals surface area contributed by atoms with Crippen LogP contribution in [0.2, 0.25) is 0 Å². The van der Waals surface area contributed by atoms with Gasteiger partial charge >= 0.3 is 6.16 Å². The van der Waals surface area contributed by atoms with Crippen LogP contribution in [0.15, 0.2) is 0 Å². The molecule has 0 aliphatic heterocycles. The summed E-state index contributed by atoms with van der Waals surface area (Å²) in [4.78, 5) is 11.3. The average Bonchev–Trinajstić information content (AvgIpc) is 2.42. The summed E-state index contributed by atoms with van der Waals surface area (Å²) < 4.78 is 39.4. The Morgan fingerprint density at radius 2 is 1.43 bits per heavy atom. The van der Waals surface area contributed by atoms with E-state index >= 15 is 0 Å². The maximum atomic E-state index is 11.3. The lowest BCUT2D eigenvalue weighted by Gasteiger charge is -2.11. The maximum absolute atomic E-state index is 11.3. The van der Waals surface area contributed by atoms with Crippen LogP contribution in [0.4, 0.5) is 4.79 Å². The van der Waals surface area contributed by atoms with Gasteiger partial charge < -0.3 is 9.47 Å². The molecule has 0 rings (SSSR count). The lowest BCUT2D eigenvalue weighted by molar-refractivity contribution is 0.0342. The fourth-order valence-corrected chi connectivity index (χ4v) is 2.94. The molecule has 0 aromatic rings. The summed E-state index contributed by atoms with van der Waals surface area (Å²) >= 11 is 0. The van der Waals surface area contributed by atoms with Crippen LogP contribution in [0.5, 0.6) is 0 Å². The van der Waals surface area contributed by atoms with Gasteiger partial charge in [0.1, 0.15) is 11.9 Å². The van der Waals surface area contributed by atoms with Crippen LogP contribution in [-0.2, 0) is 19.6 Å². The van der Waals surface area contributed by atoms with E-state index in [1.54, 1.807) is 0 Å². The Morgan fingerprint density at radius 1 is 0.957 bits per heavy atom. The number of hydrogen-bond acceptors (Lipinski definition) is 5. The molecule has 0 bridgehead atoms. The third-order valence-electron chi connectivity index (χ3n) is 3.46. The zero-order chi connectivity index (χ0) is 17.6. The van der Waals surface area contributed by atoms with Crippen molar-refractivity contribution in [3.05, 3.63) is 0 Å². The number of carbonyl (C=O) groups is 1. The zero-order valence-corrected chi connectivity index (χ0v) is 15.3. The molecule has 1 unspecified atom stereocenters. The number of ether oxygens (including phenoxy) is 2. The second-order valence-electron chi connectivity index (χ2n) is 5.96. The minimum Gasteiger partial charge on any atom is -0.434 e. The van der Waals surface area contributed by atoms with E-state index in [0.717, 1.165) is 19.3 Å². The van der Waals surface area contributed by atoms with Gasteiger partial charge in [-0.1, -0.05) is 64.7 Å². The molecule has 138 valence electrons. The van der Waals surface area contributed by atoms with E-state index in [1.807, 2.05) is 0 Å². The average molecular weight is 352 g/mol.